The average Bonchev–Trinajstić information content (AvgIpc) is 2.93. The molecule has 0 spiro atoms. The molecule has 1 heterocycles. The van der Waals surface area contributed by atoms with Crippen molar-refractivity contribution in [3.05, 3.63) is 101 Å². The van der Waals surface area contributed by atoms with E-state index in [1.807, 2.05) is 83.1 Å². The Kier molecular flexibility index (Phi) is 11.4. The van der Waals surface area contributed by atoms with Crippen molar-refractivity contribution in [2.24, 2.45) is 0 Å². The van der Waals surface area contributed by atoms with E-state index in [-0.39, 0.29) is 6.54 Å². The van der Waals surface area contributed by atoms with Crippen molar-refractivity contribution >= 4 is 17.4 Å². The van der Waals surface area contributed by atoms with Gasteiger partial charge in [-0.25, -0.2) is 8.42 Å². The predicted octanol–water partition coefficient (Wildman–Crippen LogP) is 6.32. The molecule has 0 bridgehead atoms. The number of hydrogen-bond acceptors (Lipinski definition) is 6. The molecule has 4 rings (SSSR count). The molecular weight excluding hydrogens is 577 g/mol. The second kappa shape index (κ2) is 14.6. The van der Waals surface area contributed by atoms with E-state index in [0.29, 0.717) is 37.7 Å². The first-order chi connectivity index (χ1) is 20.5. The van der Waals surface area contributed by atoms with Crippen molar-refractivity contribution < 1.29 is 17.5 Å². The molecule has 0 amide bonds. The first kappa shape index (κ1) is 33.6. The first-order valence-electron chi connectivity index (χ1n) is 15.3. The van der Waals surface area contributed by atoms with Gasteiger partial charge >= 0.3 is 0 Å². The minimum absolute atomic E-state index is 0.264. The zero-order valence-electron chi connectivity index (χ0n) is 26.6. The third-order valence-electron chi connectivity index (χ3n) is 8.41. The first-order valence-corrected chi connectivity index (χ1v) is 18.9. The van der Waals surface area contributed by atoms with Gasteiger partial charge in [-0.05, 0) is 49.9 Å². The van der Waals surface area contributed by atoms with Gasteiger partial charge < -0.3 is 4.52 Å². The van der Waals surface area contributed by atoms with Crippen molar-refractivity contribution in [3.8, 4) is 0 Å². The fraction of sp³-hybridized carbons (Fsp3) is 0.471. The van der Waals surface area contributed by atoms with E-state index in [2.05, 4.69) is 34.1 Å². The van der Waals surface area contributed by atoms with Crippen LogP contribution in [0.15, 0.2) is 77.7 Å². The Bertz CT molecular complexity index is 1480. The summed E-state index contributed by atoms with van der Waals surface area (Å²) in [5, 5.41) is 0. The number of benzene rings is 3. The lowest BCUT2D eigenvalue weighted by Crippen LogP contribution is -2.58. The van der Waals surface area contributed by atoms with Crippen molar-refractivity contribution in [1.29, 1.82) is 0 Å². The van der Waals surface area contributed by atoms with Crippen molar-refractivity contribution in [3.63, 3.8) is 0 Å². The SMILES string of the molecule is CCOP(C)(=O)[C@H]1CN(Cc2ccccc2)CCN(Cc2ccccc2)C[C@@H]1N(CC)S(=O)(=O)c1c(C)cc(C)cc1C. The minimum atomic E-state index is -3.93. The summed E-state index contributed by atoms with van der Waals surface area (Å²) in [6, 6.07) is 23.8. The highest BCUT2D eigenvalue weighted by molar-refractivity contribution is 7.89. The monoisotopic (exact) mass is 625 g/mol. The summed E-state index contributed by atoms with van der Waals surface area (Å²) in [4.78, 5) is 4.99. The van der Waals surface area contributed by atoms with Crippen molar-refractivity contribution in [1.82, 2.24) is 14.1 Å². The number of sulfonamides is 1. The van der Waals surface area contributed by atoms with Gasteiger partial charge in [0.15, 0.2) is 0 Å². The molecule has 1 aliphatic heterocycles. The van der Waals surface area contributed by atoms with Crippen LogP contribution in [0.3, 0.4) is 0 Å². The van der Waals surface area contributed by atoms with Gasteiger partial charge in [0.2, 0.25) is 17.4 Å². The summed E-state index contributed by atoms with van der Waals surface area (Å²) < 4.78 is 51.4. The van der Waals surface area contributed by atoms with Crippen LogP contribution in [0.4, 0.5) is 0 Å². The highest BCUT2D eigenvalue weighted by Crippen LogP contribution is 2.51. The fourth-order valence-electron chi connectivity index (χ4n) is 6.58. The van der Waals surface area contributed by atoms with Crippen molar-refractivity contribution in [2.45, 2.75) is 64.3 Å². The summed E-state index contributed by atoms with van der Waals surface area (Å²) in [6.07, 6.45) is 0. The van der Waals surface area contributed by atoms with E-state index >= 15 is 0 Å². The molecule has 3 aromatic rings. The molecular formula is C34H48N3O4PS. The molecule has 1 fully saturated rings. The number of nitrogens with zero attached hydrogens (tertiary/aromatic N) is 3. The molecule has 0 radical (unpaired) electrons. The summed E-state index contributed by atoms with van der Waals surface area (Å²) in [7, 11) is -7.18. The van der Waals surface area contributed by atoms with E-state index in [0.717, 1.165) is 35.3 Å². The summed E-state index contributed by atoms with van der Waals surface area (Å²) in [5.74, 6) is 0. The second-order valence-electron chi connectivity index (χ2n) is 11.8. The average molecular weight is 626 g/mol. The molecule has 9 heteroatoms. The van der Waals surface area contributed by atoms with Gasteiger partial charge in [0.25, 0.3) is 0 Å². The Labute approximate surface area is 259 Å². The molecule has 3 atom stereocenters. The lowest BCUT2D eigenvalue weighted by molar-refractivity contribution is 0.117. The molecule has 0 saturated carbocycles. The molecule has 0 N–H and O–H groups in total. The summed E-state index contributed by atoms with van der Waals surface area (Å²) in [5.41, 5.74) is 4.30. The lowest BCUT2D eigenvalue weighted by Gasteiger charge is -2.45. The molecule has 43 heavy (non-hydrogen) atoms. The van der Waals surface area contributed by atoms with E-state index in [1.165, 1.54) is 5.56 Å². The second-order valence-corrected chi connectivity index (χ2v) is 16.4. The largest absolute Gasteiger partial charge is 0.329 e. The Morgan fingerprint density at radius 2 is 1.33 bits per heavy atom. The van der Waals surface area contributed by atoms with Crippen LogP contribution in [0.5, 0.6) is 0 Å². The van der Waals surface area contributed by atoms with Crippen LogP contribution < -0.4 is 0 Å². The Hall–Kier alpha value is -2.32. The lowest BCUT2D eigenvalue weighted by atomic mass is 10.1. The molecule has 1 aliphatic rings. The summed E-state index contributed by atoms with van der Waals surface area (Å²) in [6.45, 7) is 15.5. The zero-order chi connectivity index (χ0) is 31.2. The van der Waals surface area contributed by atoms with Gasteiger partial charge in [0.05, 0.1) is 23.2 Å². The smallest absolute Gasteiger partial charge is 0.243 e. The fourth-order valence-corrected chi connectivity index (χ4v) is 10.9. The maximum Gasteiger partial charge on any atom is 0.243 e. The van der Waals surface area contributed by atoms with Gasteiger partial charge in [-0.15, -0.1) is 0 Å². The highest BCUT2D eigenvalue weighted by Gasteiger charge is 2.45. The van der Waals surface area contributed by atoms with E-state index in [9.17, 15) is 13.0 Å². The predicted molar refractivity (Wildman–Crippen MR) is 176 cm³/mol. The molecule has 1 saturated heterocycles. The minimum Gasteiger partial charge on any atom is -0.329 e. The molecule has 234 valence electrons. The van der Waals surface area contributed by atoms with Crippen molar-refractivity contribution in [2.75, 3.05) is 46.0 Å². The summed E-state index contributed by atoms with van der Waals surface area (Å²) >= 11 is 0. The van der Waals surface area contributed by atoms with Crippen LogP contribution in [0, 0.1) is 20.8 Å². The Morgan fingerprint density at radius 3 is 1.79 bits per heavy atom. The molecule has 0 aromatic heterocycles. The van der Waals surface area contributed by atoms with Crippen LogP contribution in [-0.4, -0.2) is 80.2 Å². The third kappa shape index (κ3) is 8.24. The Balaban J connectivity index is 1.83. The molecule has 1 unspecified atom stereocenters. The van der Waals surface area contributed by atoms with Gasteiger partial charge in [-0.3, -0.25) is 14.4 Å². The number of likely N-dealkylation sites (N-methyl/N-ethyl adjacent to an activating group) is 1. The number of rotatable bonds is 11. The maximum atomic E-state index is 14.6. The Morgan fingerprint density at radius 1 is 0.837 bits per heavy atom. The maximum absolute atomic E-state index is 14.6. The zero-order valence-corrected chi connectivity index (χ0v) is 28.3. The van der Waals surface area contributed by atoms with Crippen LogP contribution in [0.2, 0.25) is 0 Å². The quantitative estimate of drug-likeness (QED) is 0.232. The molecule has 0 aliphatic carbocycles. The van der Waals surface area contributed by atoms with Gasteiger partial charge in [0, 0.05) is 52.5 Å². The van der Waals surface area contributed by atoms with Gasteiger partial charge in [-0.1, -0.05) is 85.3 Å². The topological polar surface area (TPSA) is 70.2 Å². The number of hydrogen-bond donors (Lipinski definition) is 0. The third-order valence-corrected chi connectivity index (χ3v) is 13.2. The van der Waals surface area contributed by atoms with Gasteiger partial charge in [0.1, 0.15) is 0 Å². The van der Waals surface area contributed by atoms with E-state index < -0.39 is 29.1 Å². The van der Waals surface area contributed by atoms with Crippen LogP contribution in [-0.2, 0) is 32.2 Å². The molecule has 3 aromatic carbocycles. The van der Waals surface area contributed by atoms with E-state index in [1.54, 1.807) is 11.0 Å². The normalized spacial score (nSPS) is 20.4. The van der Waals surface area contributed by atoms with Crippen LogP contribution in [0.25, 0.3) is 0 Å². The molecule has 7 nitrogen and oxygen atoms in total. The van der Waals surface area contributed by atoms with Crippen LogP contribution >= 0.6 is 7.37 Å². The van der Waals surface area contributed by atoms with Crippen LogP contribution in [0.1, 0.15) is 41.7 Å². The number of aryl methyl sites for hydroxylation is 3. The highest BCUT2D eigenvalue weighted by atomic mass is 32.2. The van der Waals surface area contributed by atoms with E-state index in [4.69, 9.17) is 4.52 Å². The van der Waals surface area contributed by atoms with Gasteiger partial charge in [-0.2, -0.15) is 4.31 Å². The standard InChI is InChI=1S/C34H48N3O4PS/c1-7-37(43(39,40)34-28(4)21-27(3)22-29(34)5)32-25-35(23-30-15-11-9-12-16-30)19-20-36(24-31-17-13-10-14-18-31)26-33(32)42(6,38)41-8-2/h9-18,21-22,32-33H,7-8,19-20,23-26H2,1-6H3/t32-,33-,42?/m0/s1.